The summed E-state index contributed by atoms with van der Waals surface area (Å²) in [6, 6.07) is 43.4. The van der Waals surface area contributed by atoms with Crippen LogP contribution in [0.4, 0.5) is 0 Å². The Kier molecular flexibility index (Phi) is 8.97. The van der Waals surface area contributed by atoms with Gasteiger partial charge in [0.05, 0.1) is 20.9 Å². The number of ether oxygens (including phenoxy) is 2. The number of esters is 2. The lowest BCUT2D eigenvalue weighted by Gasteiger charge is -2.26. The van der Waals surface area contributed by atoms with Gasteiger partial charge < -0.3 is 9.47 Å². The van der Waals surface area contributed by atoms with Crippen LogP contribution in [0.5, 0.6) is 0 Å². The third-order valence-electron chi connectivity index (χ3n) is 11.9. The zero-order valence-corrected chi connectivity index (χ0v) is 34.6. The van der Waals surface area contributed by atoms with Gasteiger partial charge in [0, 0.05) is 43.1 Å². The predicted molar refractivity (Wildman–Crippen MR) is 242 cm³/mol. The summed E-state index contributed by atoms with van der Waals surface area (Å²) in [6.45, 7) is -0.295. The van der Waals surface area contributed by atoms with Crippen LogP contribution in [0.1, 0.15) is 73.4 Å². The molecule has 2 aromatic heterocycles. The number of hydrogen-bond donors (Lipinski definition) is 0. The van der Waals surface area contributed by atoms with Gasteiger partial charge in [0.2, 0.25) is 5.41 Å². The second-order valence-corrected chi connectivity index (χ2v) is 17.7. The van der Waals surface area contributed by atoms with E-state index in [2.05, 4.69) is 0 Å². The molecule has 11 rings (SSSR count). The summed E-state index contributed by atoms with van der Waals surface area (Å²) in [4.78, 5) is 87.5. The molecule has 0 fully saturated rings. The summed E-state index contributed by atoms with van der Waals surface area (Å²) in [5, 5.41) is 3.32. The van der Waals surface area contributed by atoms with Crippen molar-refractivity contribution in [1.82, 2.24) is 0 Å². The molecule has 0 amide bonds. The van der Waals surface area contributed by atoms with Crippen molar-refractivity contribution >= 4 is 91.4 Å². The van der Waals surface area contributed by atoms with Gasteiger partial charge in [0.1, 0.15) is 13.2 Å². The molecule has 8 aromatic rings. The molecule has 0 bridgehead atoms. The summed E-state index contributed by atoms with van der Waals surface area (Å²) in [5.74, 6) is -3.46. The lowest BCUT2D eigenvalue weighted by molar-refractivity contribution is -0.164. The Morgan fingerprint density at radius 3 is 1.10 bits per heavy atom. The standard InChI is InChI=1S/C53H30O8S2/c54-45-37-19-31-15-7-8-16-32(31)20-38(37)46(55)41(45)23-35-25-43-49(62-35)50-44(26-36(63-50)24-42-47(56)39-21-33-17-9-10-18-34(33)22-40(39)48(42)57)53(43,51(58)60-27-29-11-3-1-4-12-29)52(59)61-28-30-13-5-2-6-14-30/h1-26H,27-28H2. The number of rotatable bonds is 8. The molecule has 3 aliphatic rings. The van der Waals surface area contributed by atoms with Crippen LogP contribution in [0.25, 0.3) is 43.5 Å². The molecule has 6 aromatic carbocycles. The van der Waals surface area contributed by atoms with Crippen molar-refractivity contribution in [3.8, 4) is 9.75 Å². The number of carbonyl (C=O) groups is 6. The van der Waals surface area contributed by atoms with E-state index in [1.54, 1.807) is 60.7 Å². The van der Waals surface area contributed by atoms with Gasteiger partial charge in [0.25, 0.3) is 0 Å². The Balaban J connectivity index is 1.05. The zero-order valence-electron chi connectivity index (χ0n) is 33.0. The molecule has 3 aliphatic carbocycles. The molecule has 0 unspecified atom stereocenters. The smallest absolute Gasteiger partial charge is 0.333 e. The zero-order chi connectivity index (χ0) is 43.0. The van der Waals surface area contributed by atoms with Crippen molar-refractivity contribution in [1.29, 1.82) is 0 Å². The Bertz CT molecular complexity index is 3060. The maximum atomic E-state index is 15.0. The van der Waals surface area contributed by atoms with Gasteiger partial charge in [-0.3, -0.25) is 28.8 Å². The molecule has 8 nitrogen and oxygen atoms in total. The number of carbonyl (C=O) groups excluding carboxylic acids is 6. The minimum atomic E-state index is -2.16. The Labute approximate surface area is 367 Å². The van der Waals surface area contributed by atoms with E-state index < -0.39 is 40.5 Å². The Morgan fingerprint density at radius 1 is 0.444 bits per heavy atom. The number of Topliss-reactive ketones (excluding diaryl/α,β-unsaturated/α-hetero) is 4. The van der Waals surface area contributed by atoms with E-state index in [0.29, 0.717) is 52.9 Å². The van der Waals surface area contributed by atoms with E-state index >= 15 is 9.59 Å². The van der Waals surface area contributed by atoms with Crippen LogP contribution in [0.15, 0.2) is 157 Å². The number of benzene rings is 6. The Hall–Kier alpha value is -7.66. The molecule has 0 radical (unpaired) electrons. The highest BCUT2D eigenvalue weighted by Crippen LogP contribution is 2.58. The van der Waals surface area contributed by atoms with Crippen molar-refractivity contribution in [3.63, 3.8) is 0 Å². The van der Waals surface area contributed by atoms with Gasteiger partial charge in [0.15, 0.2) is 23.1 Å². The average molecular weight is 859 g/mol. The van der Waals surface area contributed by atoms with Gasteiger partial charge in [-0.15, -0.1) is 22.7 Å². The van der Waals surface area contributed by atoms with Crippen LogP contribution in [0.2, 0.25) is 0 Å². The molecule has 0 saturated heterocycles. The summed E-state index contributed by atoms with van der Waals surface area (Å²) in [6.07, 6.45) is 3.03. The molecule has 0 spiro atoms. The van der Waals surface area contributed by atoms with Gasteiger partial charge >= 0.3 is 11.9 Å². The molecular weight excluding hydrogens is 829 g/mol. The summed E-state index contributed by atoms with van der Waals surface area (Å²) in [7, 11) is 0. The van der Waals surface area contributed by atoms with E-state index in [9.17, 15) is 19.2 Å². The van der Waals surface area contributed by atoms with Gasteiger partial charge in [-0.05, 0) is 81.2 Å². The summed E-state index contributed by atoms with van der Waals surface area (Å²) < 4.78 is 12.1. The molecule has 0 atom stereocenters. The number of thiophene rings is 2. The molecular formula is C53H30O8S2. The van der Waals surface area contributed by atoms with Crippen LogP contribution >= 0.6 is 22.7 Å². The van der Waals surface area contributed by atoms with Crippen LogP contribution in [-0.2, 0) is 37.7 Å². The summed E-state index contributed by atoms with van der Waals surface area (Å²) in [5.41, 5.74) is 0.946. The topological polar surface area (TPSA) is 121 Å². The maximum absolute atomic E-state index is 15.0. The van der Waals surface area contributed by atoms with Crippen LogP contribution < -0.4 is 0 Å². The first-order chi connectivity index (χ1) is 30.7. The Morgan fingerprint density at radius 2 is 0.762 bits per heavy atom. The van der Waals surface area contributed by atoms with E-state index in [1.807, 2.05) is 84.9 Å². The molecule has 302 valence electrons. The van der Waals surface area contributed by atoms with Crippen LogP contribution in [0, 0.1) is 0 Å². The number of fused-ring (bicyclic) bond motifs is 7. The lowest BCUT2D eigenvalue weighted by atomic mass is 9.79. The fraction of sp³-hybridized carbons (Fsp3) is 0.0566. The predicted octanol–water partition coefficient (Wildman–Crippen LogP) is 10.8. The van der Waals surface area contributed by atoms with Gasteiger partial charge in [-0.2, -0.15) is 0 Å². The number of ketones is 4. The largest absolute Gasteiger partial charge is 0.459 e. The van der Waals surface area contributed by atoms with Crippen LogP contribution in [-0.4, -0.2) is 35.1 Å². The monoisotopic (exact) mass is 858 g/mol. The van der Waals surface area contributed by atoms with Crippen LogP contribution in [0.3, 0.4) is 0 Å². The van der Waals surface area contributed by atoms with E-state index in [4.69, 9.17) is 9.47 Å². The third kappa shape index (κ3) is 6.09. The first-order valence-corrected chi connectivity index (χ1v) is 21.7. The quantitative estimate of drug-likeness (QED) is 0.0641. The molecule has 10 heteroatoms. The first kappa shape index (κ1) is 38.3. The molecule has 0 saturated carbocycles. The first-order valence-electron chi connectivity index (χ1n) is 20.1. The average Bonchev–Trinajstić information content (AvgIpc) is 4.08. The van der Waals surface area contributed by atoms with E-state index in [0.717, 1.165) is 21.5 Å². The lowest BCUT2D eigenvalue weighted by Crippen LogP contribution is -2.45. The maximum Gasteiger partial charge on any atom is 0.333 e. The SMILES string of the molecule is O=C1C(=Cc2cc3c(s2)-c2sc(C=C4C(=O)c5cc6ccccc6cc5C4=O)cc2C3(C(=O)OCc2ccccc2)C(=O)OCc2ccccc2)C(=O)c2cc3ccccc3cc21. The second-order valence-electron chi connectivity index (χ2n) is 15.6. The molecule has 0 aliphatic heterocycles. The minimum Gasteiger partial charge on any atom is -0.459 e. The highest BCUT2D eigenvalue weighted by Gasteiger charge is 2.60. The van der Waals surface area contributed by atoms with Crippen molar-refractivity contribution in [2.24, 2.45) is 0 Å². The highest BCUT2D eigenvalue weighted by molar-refractivity contribution is 7.23. The number of allylic oxidation sites excluding steroid dienone is 2. The van der Waals surface area contributed by atoms with Crippen molar-refractivity contribution in [3.05, 3.63) is 211 Å². The van der Waals surface area contributed by atoms with Gasteiger partial charge in [-0.1, -0.05) is 109 Å². The molecule has 2 heterocycles. The minimum absolute atomic E-state index is 0.0357. The van der Waals surface area contributed by atoms with Crippen molar-refractivity contribution in [2.75, 3.05) is 0 Å². The number of hydrogen-bond acceptors (Lipinski definition) is 10. The van der Waals surface area contributed by atoms with Crippen molar-refractivity contribution in [2.45, 2.75) is 18.6 Å². The second kappa shape index (κ2) is 14.8. The molecule has 63 heavy (non-hydrogen) atoms. The fourth-order valence-electron chi connectivity index (χ4n) is 8.75. The summed E-state index contributed by atoms with van der Waals surface area (Å²) >= 11 is 2.42. The highest BCUT2D eigenvalue weighted by atomic mass is 32.1. The fourth-order valence-corrected chi connectivity index (χ4v) is 11.2. The van der Waals surface area contributed by atoms with E-state index in [1.165, 1.54) is 34.8 Å². The van der Waals surface area contributed by atoms with Crippen molar-refractivity contribution < 1.29 is 38.2 Å². The molecule has 0 N–H and O–H groups in total. The normalized spacial score (nSPS) is 14.5. The van der Waals surface area contributed by atoms with E-state index in [-0.39, 0.29) is 35.5 Å². The third-order valence-corrected chi connectivity index (χ3v) is 14.2. The van der Waals surface area contributed by atoms with Gasteiger partial charge in [-0.25, -0.2) is 0 Å².